The van der Waals surface area contributed by atoms with Crippen molar-refractivity contribution in [3.05, 3.63) is 171 Å². The smallest absolute Gasteiger partial charge is 0.270 e. The van der Waals surface area contributed by atoms with Crippen LogP contribution in [0.1, 0.15) is 41.7 Å². The first-order chi connectivity index (χ1) is 20.9. The van der Waals surface area contributed by atoms with Crippen LogP contribution in [-0.4, -0.2) is 17.0 Å². The van der Waals surface area contributed by atoms with Crippen LogP contribution in [0.25, 0.3) is 0 Å². The van der Waals surface area contributed by atoms with E-state index in [-0.39, 0.29) is 22.6 Å². The van der Waals surface area contributed by atoms with Crippen molar-refractivity contribution in [1.82, 2.24) is 0 Å². The molecule has 0 atom stereocenters. The molecule has 6 nitrogen and oxygen atoms in total. The molecule has 0 bridgehead atoms. The van der Waals surface area contributed by atoms with Gasteiger partial charge in [0.05, 0.1) is 16.3 Å². The normalized spacial score (nSPS) is 10.3. The minimum atomic E-state index is -0.920. The van der Waals surface area contributed by atoms with E-state index in [2.05, 4.69) is 16.9 Å². The molecular formula is C35H34ClFN4O2. The number of alkyl halides is 1. The number of halogens is 2. The fourth-order valence-electron chi connectivity index (χ4n) is 4.80. The van der Waals surface area contributed by atoms with Crippen LogP contribution < -0.4 is 11.1 Å². The van der Waals surface area contributed by atoms with Crippen LogP contribution in [0.15, 0.2) is 127 Å². The van der Waals surface area contributed by atoms with Crippen molar-refractivity contribution in [1.29, 1.82) is 5.41 Å². The van der Waals surface area contributed by atoms with Gasteiger partial charge >= 0.3 is 0 Å². The molecular weight excluding hydrogens is 563 g/mol. The Balaban J connectivity index is 0.00000121. The molecule has 5 aromatic carbocycles. The minimum Gasteiger partial charge on any atom is -0.396 e. The van der Waals surface area contributed by atoms with E-state index in [1.807, 2.05) is 105 Å². The van der Waals surface area contributed by atoms with Crippen molar-refractivity contribution < 1.29 is 9.31 Å². The number of nitrogens with one attached hydrogen (secondary N) is 2. The van der Waals surface area contributed by atoms with E-state index in [9.17, 15) is 14.5 Å². The average Bonchev–Trinajstić information content (AvgIpc) is 3.07. The predicted molar refractivity (Wildman–Crippen MR) is 176 cm³/mol. The highest BCUT2D eigenvalue weighted by Crippen LogP contribution is 2.41. The van der Waals surface area contributed by atoms with Crippen LogP contribution in [0.4, 0.5) is 21.5 Å². The Morgan fingerprint density at radius 1 is 0.791 bits per heavy atom. The lowest BCUT2D eigenvalue weighted by molar-refractivity contribution is -0.384. The summed E-state index contributed by atoms with van der Waals surface area (Å²) in [6.45, 7) is 4.00. The van der Waals surface area contributed by atoms with Gasteiger partial charge in [0.15, 0.2) is 0 Å². The maximum atomic E-state index is 13.9. The molecule has 5 aromatic rings. The fourth-order valence-corrected chi connectivity index (χ4v) is 4.80. The van der Waals surface area contributed by atoms with E-state index >= 15 is 0 Å². The zero-order valence-corrected chi connectivity index (χ0v) is 25.0. The van der Waals surface area contributed by atoms with Gasteiger partial charge < -0.3 is 11.1 Å². The second-order valence-electron chi connectivity index (χ2n) is 9.07. The Hall–Kier alpha value is -5.01. The molecule has 8 heteroatoms. The first kappa shape index (κ1) is 32.5. The summed E-state index contributed by atoms with van der Waals surface area (Å²) in [6, 6.07) is 38.0. The third kappa shape index (κ3) is 7.08. The Kier molecular flexibility index (Phi) is 11.6. The molecule has 220 valence electrons. The maximum Gasteiger partial charge on any atom is 0.270 e. The molecule has 0 unspecified atom stereocenters. The summed E-state index contributed by atoms with van der Waals surface area (Å²) < 4.78 is 13.9. The van der Waals surface area contributed by atoms with Crippen molar-refractivity contribution in [2.24, 2.45) is 0 Å². The maximum absolute atomic E-state index is 13.9. The number of hydrogen-bond acceptors (Lipinski definition) is 5. The molecule has 0 saturated heterocycles. The van der Waals surface area contributed by atoms with Crippen molar-refractivity contribution in [3.63, 3.8) is 0 Å². The van der Waals surface area contributed by atoms with Gasteiger partial charge in [-0.25, -0.2) is 4.39 Å². The monoisotopic (exact) mass is 596 g/mol. The Morgan fingerprint density at radius 2 is 1.26 bits per heavy atom. The lowest BCUT2D eigenvalue weighted by Crippen LogP contribution is -2.38. The number of nitrogens with zero attached hydrogens (tertiary/aromatic N) is 1. The number of nitro benzene ring substituents is 1. The van der Waals surface area contributed by atoms with Crippen molar-refractivity contribution in [2.75, 3.05) is 17.4 Å². The second kappa shape index (κ2) is 15.3. The van der Waals surface area contributed by atoms with Crippen LogP contribution in [0.5, 0.6) is 0 Å². The highest BCUT2D eigenvalue weighted by atomic mass is 35.5. The van der Waals surface area contributed by atoms with Crippen molar-refractivity contribution in [3.8, 4) is 0 Å². The number of non-ortho nitro benzene ring substituents is 1. The van der Waals surface area contributed by atoms with Crippen LogP contribution in [0.3, 0.4) is 0 Å². The van der Waals surface area contributed by atoms with E-state index in [1.165, 1.54) is 36.7 Å². The summed E-state index contributed by atoms with van der Waals surface area (Å²) in [4.78, 5) is 11.2. The molecule has 0 aliphatic heterocycles. The van der Waals surface area contributed by atoms with E-state index < -0.39 is 16.3 Å². The Labute approximate surface area is 256 Å². The summed E-state index contributed by atoms with van der Waals surface area (Å²) >= 11 is 4.64. The van der Waals surface area contributed by atoms with E-state index in [0.29, 0.717) is 11.3 Å². The predicted octanol–water partition coefficient (Wildman–Crippen LogP) is 9.02. The molecule has 0 spiro atoms. The van der Waals surface area contributed by atoms with Gasteiger partial charge in [-0.2, -0.15) is 0 Å². The summed E-state index contributed by atoms with van der Waals surface area (Å²) in [5.74, 6) is -0.597. The molecule has 0 heterocycles. The van der Waals surface area contributed by atoms with Gasteiger partial charge in [-0.3, -0.25) is 15.5 Å². The largest absolute Gasteiger partial charge is 0.396 e. The molecule has 0 radical (unpaired) electrons. The number of rotatable bonds is 8. The van der Waals surface area contributed by atoms with Gasteiger partial charge in [0.25, 0.3) is 5.69 Å². The van der Waals surface area contributed by atoms with Crippen molar-refractivity contribution in [2.45, 2.75) is 19.4 Å². The van der Waals surface area contributed by atoms with E-state index in [4.69, 9.17) is 11.1 Å². The molecule has 0 aliphatic rings. The molecule has 5 rings (SSSR count). The lowest BCUT2D eigenvalue weighted by Gasteiger charge is -2.38. The van der Waals surface area contributed by atoms with E-state index in [1.54, 1.807) is 6.07 Å². The molecule has 0 amide bonds. The summed E-state index contributed by atoms with van der Waals surface area (Å²) in [7, 11) is 0. The summed E-state index contributed by atoms with van der Waals surface area (Å²) in [5.41, 5.74) is 8.47. The zero-order valence-electron chi connectivity index (χ0n) is 24.2. The van der Waals surface area contributed by atoms with Gasteiger partial charge in [0.2, 0.25) is 0 Å². The molecule has 43 heavy (non-hydrogen) atoms. The Bertz CT molecular complexity index is 1550. The van der Waals surface area contributed by atoms with Gasteiger partial charge in [-0.1, -0.05) is 105 Å². The molecule has 0 aliphatic carbocycles. The number of hydrogen-bond donors (Lipinski definition) is 3. The molecule has 4 N–H and O–H groups in total. The van der Waals surface area contributed by atoms with Crippen LogP contribution in [0, 0.1) is 21.3 Å². The van der Waals surface area contributed by atoms with Crippen LogP contribution in [-0.2, 0) is 5.54 Å². The first-order valence-electron chi connectivity index (χ1n) is 13.7. The molecule has 0 aromatic heterocycles. The standard InChI is InChI=1S/C32H25FN4O2.C2H6.CH3Cl/c33-28-18-16-22(20-29(28)34)31(35)27-21-26(37(38)39)17-19-30(27)36-32(23-10-4-1-5-11-23,24-12-6-2-7-13-24)25-14-8-3-9-15-25;2*1-2/h1-21,35-36H,34H2;1-2H3;1H3. The van der Waals surface area contributed by atoms with Crippen LogP contribution in [0.2, 0.25) is 0 Å². The molecule has 0 saturated carbocycles. The lowest BCUT2D eigenvalue weighted by atomic mass is 9.76. The molecule has 0 fully saturated rings. The van der Waals surface area contributed by atoms with Crippen molar-refractivity contribution >= 4 is 34.4 Å². The van der Waals surface area contributed by atoms with Gasteiger partial charge in [-0.05, 0) is 41.0 Å². The number of nitrogen functional groups attached to an aromatic ring is 1. The third-order valence-corrected chi connectivity index (χ3v) is 6.71. The number of benzene rings is 5. The average molecular weight is 597 g/mol. The summed E-state index contributed by atoms with van der Waals surface area (Å²) in [5, 5.41) is 24.4. The van der Waals surface area contributed by atoms with Gasteiger partial charge in [0.1, 0.15) is 11.4 Å². The number of nitro groups is 1. The highest BCUT2D eigenvalue weighted by Gasteiger charge is 2.37. The SMILES string of the molecule is CC.CCl.N=C(c1ccc(F)c(N)c1)c1cc([N+](=O)[O-])ccc1NC(c1ccccc1)(c1ccccc1)c1ccccc1. The minimum absolute atomic E-state index is 0.0315. The van der Waals surface area contributed by atoms with Gasteiger partial charge in [-0.15, -0.1) is 11.6 Å². The zero-order chi connectivity index (χ0) is 31.4. The number of nitrogens with two attached hydrogens (primary N) is 1. The quantitative estimate of drug-likeness (QED) is 0.0415. The topological polar surface area (TPSA) is 105 Å². The summed E-state index contributed by atoms with van der Waals surface area (Å²) in [6.07, 6.45) is 1.47. The third-order valence-electron chi connectivity index (χ3n) is 6.71. The fraction of sp³-hybridized carbons (Fsp3) is 0.114. The second-order valence-corrected chi connectivity index (χ2v) is 9.07. The highest BCUT2D eigenvalue weighted by molar-refractivity contribution is 6.15. The Morgan fingerprint density at radius 3 is 1.67 bits per heavy atom. The first-order valence-corrected chi connectivity index (χ1v) is 14.4. The van der Waals surface area contributed by atoms with E-state index in [0.717, 1.165) is 16.7 Å². The van der Waals surface area contributed by atoms with Crippen LogP contribution >= 0.6 is 11.6 Å². The number of anilines is 2. The van der Waals surface area contributed by atoms with Gasteiger partial charge in [0, 0.05) is 35.3 Å².